The Hall–Kier alpha value is -2.61. The molecule has 1 aromatic carbocycles. The molecule has 0 aliphatic rings. The first-order valence-electron chi connectivity index (χ1n) is 8.77. The van der Waals surface area contributed by atoms with Gasteiger partial charge in [-0.3, -0.25) is 4.79 Å². The number of carboxylic acid groups (broad SMARTS) is 1. The van der Waals surface area contributed by atoms with E-state index in [1.165, 1.54) is 0 Å². The number of rotatable bonds is 10. The highest BCUT2D eigenvalue weighted by Crippen LogP contribution is 2.26. The van der Waals surface area contributed by atoms with Crippen LogP contribution >= 0.6 is 11.3 Å². The zero-order chi connectivity index (χ0) is 19.8. The molecule has 0 spiro atoms. The van der Waals surface area contributed by atoms with E-state index in [9.17, 15) is 9.59 Å². The van der Waals surface area contributed by atoms with E-state index in [-0.39, 0.29) is 16.8 Å². The minimum atomic E-state index is -1.00. The molecule has 7 nitrogen and oxygen atoms in total. The summed E-state index contributed by atoms with van der Waals surface area (Å²) in [6.45, 7) is 6.30. The van der Waals surface area contributed by atoms with Crippen LogP contribution in [0.5, 0.6) is 11.5 Å². The number of nitrogens with one attached hydrogen (secondary N) is 1. The van der Waals surface area contributed by atoms with Crippen molar-refractivity contribution in [2.75, 3.05) is 13.2 Å². The van der Waals surface area contributed by atoms with Crippen molar-refractivity contribution in [1.82, 2.24) is 10.3 Å². The standard InChI is InChI=1S/C19H24N2O5S/c1-4-25-14-8-5-6-9-15(14)26-11-7-10-16(22)20-13(3)18-21-12(2)17(27-18)19(23)24/h5-6,8-9,13H,4,7,10-11H2,1-3H3,(H,20,22)(H,23,24). The third-order valence-electron chi connectivity index (χ3n) is 3.71. The maximum atomic E-state index is 12.1. The minimum absolute atomic E-state index is 0.131. The third-order valence-corrected chi connectivity index (χ3v) is 5.04. The van der Waals surface area contributed by atoms with Crippen LogP contribution in [-0.4, -0.2) is 35.2 Å². The molecule has 0 saturated heterocycles. The second-order valence-electron chi connectivity index (χ2n) is 5.89. The first kappa shape index (κ1) is 20.7. The van der Waals surface area contributed by atoms with Crippen molar-refractivity contribution in [2.24, 2.45) is 0 Å². The Bertz CT molecular complexity index is 790. The van der Waals surface area contributed by atoms with Gasteiger partial charge in [0, 0.05) is 6.42 Å². The average molecular weight is 392 g/mol. The van der Waals surface area contributed by atoms with Crippen LogP contribution in [0.4, 0.5) is 0 Å². The maximum absolute atomic E-state index is 12.1. The average Bonchev–Trinajstić information content (AvgIpc) is 3.02. The predicted octanol–water partition coefficient (Wildman–Crippen LogP) is 3.58. The second-order valence-corrected chi connectivity index (χ2v) is 6.92. The van der Waals surface area contributed by atoms with Crippen molar-refractivity contribution < 1.29 is 24.2 Å². The zero-order valence-electron chi connectivity index (χ0n) is 15.7. The number of hydrogen-bond donors (Lipinski definition) is 2. The van der Waals surface area contributed by atoms with Gasteiger partial charge in [0.25, 0.3) is 0 Å². The van der Waals surface area contributed by atoms with Crippen LogP contribution in [-0.2, 0) is 4.79 Å². The van der Waals surface area contributed by atoms with E-state index in [2.05, 4.69) is 10.3 Å². The molecule has 2 aromatic rings. The van der Waals surface area contributed by atoms with Gasteiger partial charge in [0.05, 0.1) is 24.9 Å². The number of amides is 1. The summed E-state index contributed by atoms with van der Waals surface area (Å²) in [6, 6.07) is 7.08. The van der Waals surface area contributed by atoms with Gasteiger partial charge >= 0.3 is 5.97 Å². The van der Waals surface area contributed by atoms with Crippen LogP contribution in [0.25, 0.3) is 0 Å². The number of carboxylic acids is 1. The Morgan fingerprint density at radius 1 is 1.26 bits per heavy atom. The molecule has 0 fully saturated rings. The summed E-state index contributed by atoms with van der Waals surface area (Å²) in [6.07, 6.45) is 0.855. The van der Waals surface area contributed by atoms with Crippen molar-refractivity contribution >= 4 is 23.2 Å². The van der Waals surface area contributed by atoms with Crippen molar-refractivity contribution in [2.45, 2.75) is 39.7 Å². The van der Waals surface area contributed by atoms with E-state index in [4.69, 9.17) is 14.6 Å². The molecule has 0 aliphatic carbocycles. The van der Waals surface area contributed by atoms with Crippen molar-refractivity contribution in [3.05, 3.63) is 39.8 Å². The summed E-state index contributed by atoms with van der Waals surface area (Å²) in [5, 5.41) is 12.5. The molecule has 1 atom stereocenters. The quantitative estimate of drug-likeness (QED) is 0.600. The lowest BCUT2D eigenvalue weighted by Gasteiger charge is -2.13. The van der Waals surface area contributed by atoms with Crippen molar-refractivity contribution in [3.8, 4) is 11.5 Å². The number of aromatic nitrogens is 1. The molecule has 0 radical (unpaired) electrons. The number of aryl methyl sites for hydroxylation is 1. The Morgan fingerprint density at radius 2 is 1.93 bits per heavy atom. The fraction of sp³-hybridized carbons (Fsp3) is 0.421. The lowest BCUT2D eigenvalue weighted by atomic mass is 10.2. The third kappa shape index (κ3) is 5.96. The van der Waals surface area contributed by atoms with Crippen LogP contribution < -0.4 is 14.8 Å². The number of benzene rings is 1. The molecule has 1 aromatic heterocycles. The molecule has 8 heteroatoms. The first-order valence-corrected chi connectivity index (χ1v) is 9.58. The summed E-state index contributed by atoms with van der Waals surface area (Å²) in [5.41, 5.74) is 0.463. The smallest absolute Gasteiger partial charge is 0.347 e. The second kappa shape index (κ2) is 9.91. The van der Waals surface area contributed by atoms with Gasteiger partial charge < -0.3 is 19.9 Å². The summed E-state index contributed by atoms with van der Waals surface area (Å²) in [4.78, 5) is 27.6. The Morgan fingerprint density at radius 3 is 2.52 bits per heavy atom. The minimum Gasteiger partial charge on any atom is -0.490 e. The highest BCUT2D eigenvalue weighted by atomic mass is 32.1. The number of carbonyl (C=O) groups excluding carboxylic acids is 1. The summed E-state index contributed by atoms with van der Waals surface area (Å²) < 4.78 is 11.2. The van der Waals surface area contributed by atoms with Crippen LogP contribution in [0.3, 0.4) is 0 Å². The highest BCUT2D eigenvalue weighted by Gasteiger charge is 2.19. The molecule has 0 bridgehead atoms. The SMILES string of the molecule is CCOc1ccccc1OCCCC(=O)NC(C)c1nc(C)c(C(=O)O)s1. The van der Waals surface area contributed by atoms with Crippen molar-refractivity contribution in [1.29, 1.82) is 0 Å². The van der Waals surface area contributed by atoms with E-state index >= 15 is 0 Å². The number of ether oxygens (including phenoxy) is 2. The molecule has 1 amide bonds. The number of thiazole rings is 1. The van der Waals surface area contributed by atoms with E-state index in [0.717, 1.165) is 11.3 Å². The topological polar surface area (TPSA) is 97.8 Å². The molecule has 146 valence electrons. The number of carbonyl (C=O) groups is 2. The fourth-order valence-electron chi connectivity index (χ4n) is 2.44. The normalized spacial score (nSPS) is 11.7. The molecule has 27 heavy (non-hydrogen) atoms. The van der Waals surface area contributed by atoms with Gasteiger partial charge in [-0.2, -0.15) is 0 Å². The van der Waals surface area contributed by atoms with Crippen LogP contribution in [0.2, 0.25) is 0 Å². The van der Waals surface area contributed by atoms with Gasteiger partial charge in [0.2, 0.25) is 5.91 Å². The van der Waals surface area contributed by atoms with Gasteiger partial charge in [0.15, 0.2) is 11.5 Å². The zero-order valence-corrected chi connectivity index (χ0v) is 16.5. The van der Waals surface area contributed by atoms with E-state index in [1.807, 2.05) is 31.2 Å². The van der Waals surface area contributed by atoms with Gasteiger partial charge in [-0.1, -0.05) is 12.1 Å². The fourth-order valence-corrected chi connectivity index (χ4v) is 3.34. The number of nitrogens with zero attached hydrogens (tertiary/aromatic N) is 1. The molecular weight excluding hydrogens is 368 g/mol. The number of para-hydroxylation sites is 2. The number of aromatic carboxylic acids is 1. The molecule has 0 aliphatic heterocycles. The monoisotopic (exact) mass is 392 g/mol. The summed E-state index contributed by atoms with van der Waals surface area (Å²) >= 11 is 1.09. The van der Waals surface area contributed by atoms with Crippen molar-refractivity contribution in [3.63, 3.8) is 0 Å². The highest BCUT2D eigenvalue weighted by molar-refractivity contribution is 7.13. The first-order chi connectivity index (χ1) is 12.9. The van der Waals surface area contributed by atoms with Crippen LogP contribution in [0.15, 0.2) is 24.3 Å². The molecular formula is C19H24N2O5S. The van der Waals surface area contributed by atoms with Gasteiger partial charge in [-0.25, -0.2) is 9.78 Å². The largest absolute Gasteiger partial charge is 0.490 e. The lowest BCUT2D eigenvalue weighted by Crippen LogP contribution is -2.26. The van der Waals surface area contributed by atoms with E-state index in [0.29, 0.717) is 48.3 Å². The van der Waals surface area contributed by atoms with Crippen LogP contribution in [0.1, 0.15) is 53.1 Å². The molecule has 0 saturated carbocycles. The maximum Gasteiger partial charge on any atom is 0.347 e. The Labute approximate surface area is 162 Å². The predicted molar refractivity (Wildman–Crippen MR) is 103 cm³/mol. The van der Waals surface area contributed by atoms with Crippen LogP contribution in [0, 0.1) is 6.92 Å². The lowest BCUT2D eigenvalue weighted by molar-refractivity contribution is -0.121. The molecule has 1 unspecified atom stereocenters. The summed E-state index contributed by atoms with van der Waals surface area (Å²) in [5.74, 6) is 0.215. The Kier molecular flexibility index (Phi) is 7.60. The molecule has 2 rings (SSSR count). The van der Waals surface area contributed by atoms with Gasteiger partial charge in [-0.15, -0.1) is 11.3 Å². The number of hydrogen-bond acceptors (Lipinski definition) is 6. The van der Waals surface area contributed by atoms with E-state index < -0.39 is 5.97 Å². The van der Waals surface area contributed by atoms with E-state index in [1.54, 1.807) is 13.8 Å². The molecule has 1 heterocycles. The van der Waals surface area contributed by atoms with Gasteiger partial charge in [0.1, 0.15) is 9.88 Å². The summed E-state index contributed by atoms with van der Waals surface area (Å²) in [7, 11) is 0. The van der Waals surface area contributed by atoms with Gasteiger partial charge in [-0.05, 0) is 39.3 Å². The Balaban J connectivity index is 1.78. The molecule has 2 N–H and O–H groups in total.